The van der Waals surface area contributed by atoms with Gasteiger partial charge in [0.25, 0.3) is 0 Å². The van der Waals surface area contributed by atoms with Gasteiger partial charge in [-0.2, -0.15) is 40.9 Å². The molecule has 4 heteroatoms. The average molecular weight is 412 g/mol. The van der Waals surface area contributed by atoms with Gasteiger partial charge in [-0.15, -0.1) is 5.56 Å². The molecule has 0 N–H and O–H groups in total. The maximum Gasteiger partial charge on any atom is 1.00 e. The number of hydrogen-bond acceptors (Lipinski definition) is 2. The second-order valence-corrected chi connectivity index (χ2v) is 5.06. The molecule has 0 aliphatic heterocycles. The van der Waals surface area contributed by atoms with Crippen molar-refractivity contribution in [2.75, 3.05) is 0 Å². The minimum absolute atomic E-state index is 0. The molecule has 21 heavy (non-hydrogen) atoms. The molecule has 2 aromatic rings. The molecule has 100 valence electrons. The van der Waals surface area contributed by atoms with Crippen LogP contribution in [0, 0.1) is 28.7 Å². The fourth-order valence-corrected chi connectivity index (χ4v) is 1.72. The van der Waals surface area contributed by atoms with Crippen molar-refractivity contribution in [2.45, 2.75) is 19.3 Å². The largest absolute Gasteiger partial charge is 1.00 e. The van der Waals surface area contributed by atoms with Gasteiger partial charge in [0.15, 0.2) is 0 Å². The second-order valence-electron chi connectivity index (χ2n) is 4.15. The van der Waals surface area contributed by atoms with Gasteiger partial charge in [0, 0.05) is 10.4 Å². The summed E-state index contributed by atoms with van der Waals surface area (Å²) in [5, 5.41) is 16.9. The van der Waals surface area contributed by atoms with E-state index in [1.54, 1.807) is 0 Å². The molecule has 0 amide bonds. The normalized spacial score (nSPS) is 9.90. The monoisotopic (exact) mass is 410 g/mol. The third-order valence-electron chi connectivity index (χ3n) is 2.63. The summed E-state index contributed by atoms with van der Waals surface area (Å²) in [6.07, 6.45) is 0.493. The molecule has 0 radical (unpaired) electrons. The van der Waals surface area contributed by atoms with Crippen LogP contribution in [0.1, 0.15) is 24.0 Å². The van der Waals surface area contributed by atoms with E-state index in [0.717, 1.165) is 15.6 Å². The predicted molar refractivity (Wildman–Crippen MR) is 82.8 cm³/mol. The molecule has 1 atom stereocenters. The first kappa shape index (κ1) is 20.7. The van der Waals surface area contributed by atoms with Crippen molar-refractivity contribution in [1.82, 2.24) is 0 Å². The van der Waals surface area contributed by atoms with E-state index < -0.39 is 0 Å². The van der Waals surface area contributed by atoms with Gasteiger partial charge in [-0.1, -0.05) is 28.1 Å². The molecule has 0 saturated carbocycles. The zero-order valence-electron chi connectivity index (χ0n) is 12.2. The van der Waals surface area contributed by atoms with Crippen LogP contribution in [0.25, 0.3) is 0 Å². The van der Waals surface area contributed by atoms with Crippen LogP contribution in [0.3, 0.4) is 0 Å². The van der Waals surface area contributed by atoms with E-state index in [1.165, 1.54) is 0 Å². The SMILES string of the molecule is CC(C#N)c1cc[c-]cc1.N#CCc1ccc(Br)cc1.[Rb+]. The van der Waals surface area contributed by atoms with Gasteiger partial charge < -0.3 is 0 Å². The minimum atomic E-state index is -0.00500. The van der Waals surface area contributed by atoms with Crippen LogP contribution in [0.4, 0.5) is 0 Å². The molecule has 2 aromatic carbocycles. The Morgan fingerprint density at radius 3 is 2.14 bits per heavy atom. The summed E-state index contributed by atoms with van der Waals surface area (Å²) in [6.45, 7) is 1.88. The zero-order valence-corrected chi connectivity index (χ0v) is 18.7. The molecular weight excluding hydrogens is 398 g/mol. The number of benzene rings is 2. The number of hydrogen-bond donors (Lipinski definition) is 0. The van der Waals surface area contributed by atoms with Crippen molar-refractivity contribution in [3.8, 4) is 12.1 Å². The Labute approximate surface area is 183 Å². The summed E-state index contributed by atoms with van der Waals surface area (Å²) in [5.41, 5.74) is 2.12. The van der Waals surface area contributed by atoms with Crippen LogP contribution < -0.4 is 58.2 Å². The van der Waals surface area contributed by atoms with E-state index >= 15 is 0 Å². The predicted octanol–water partition coefficient (Wildman–Crippen LogP) is 1.63. The van der Waals surface area contributed by atoms with Crippen LogP contribution >= 0.6 is 15.9 Å². The van der Waals surface area contributed by atoms with E-state index in [-0.39, 0.29) is 64.1 Å². The molecule has 0 aromatic heterocycles. The topological polar surface area (TPSA) is 47.6 Å². The molecule has 0 saturated heterocycles. The Kier molecular flexibility index (Phi) is 12.1. The van der Waals surface area contributed by atoms with Gasteiger partial charge >= 0.3 is 58.2 Å². The Morgan fingerprint density at radius 1 is 1.10 bits per heavy atom. The van der Waals surface area contributed by atoms with Gasteiger partial charge in [0.05, 0.1) is 18.6 Å². The quantitative estimate of drug-likeness (QED) is 0.705. The van der Waals surface area contributed by atoms with Crippen LogP contribution in [0.2, 0.25) is 0 Å². The van der Waals surface area contributed by atoms with Crippen LogP contribution in [-0.2, 0) is 6.42 Å². The fraction of sp³-hybridized carbons (Fsp3) is 0.176. The van der Waals surface area contributed by atoms with Gasteiger partial charge in [-0.25, -0.2) is 0 Å². The zero-order chi connectivity index (χ0) is 14.8. The summed E-state index contributed by atoms with van der Waals surface area (Å²) in [7, 11) is 0. The van der Waals surface area contributed by atoms with E-state index in [4.69, 9.17) is 10.5 Å². The Balaban J connectivity index is 0.000000364. The number of rotatable bonds is 2. The number of nitriles is 2. The molecule has 0 aliphatic carbocycles. The van der Waals surface area contributed by atoms with Crippen molar-refractivity contribution in [1.29, 1.82) is 10.5 Å². The Bertz CT molecular complexity index is 597. The third kappa shape index (κ3) is 8.66. The van der Waals surface area contributed by atoms with Crippen molar-refractivity contribution in [2.24, 2.45) is 0 Å². The smallest absolute Gasteiger partial charge is 0.198 e. The van der Waals surface area contributed by atoms with Gasteiger partial charge in [0.2, 0.25) is 0 Å². The maximum absolute atomic E-state index is 8.53. The first-order valence-corrected chi connectivity index (χ1v) is 6.93. The number of nitrogens with zero attached hydrogens (tertiary/aromatic N) is 2. The summed E-state index contributed by atoms with van der Waals surface area (Å²) in [5.74, 6) is -0.00500. The molecular formula is C17H14BrN2Rb. The molecule has 0 spiro atoms. The molecule has 2 rings (SSSR count). The minimum Gasteiger partial charge on any atom is -0.198 e. The van der Waals surface area contributed by atoms with Crippen molar-refractivity contribution < 1.29 is 58.2 Å². The second kappa shape index (κ2) is 12.3. The molecule has 2 nitrogen and oxygen atoms in total. The van der Waals surface area contributed by atoms with Crippen molar-refractivity contribution in [3.05, 3.63) is 70.2 Å². The summed E-state index contributed by atoms with van der Waals surface area (Å²) >= 11 is 3.31. The molecule has 1 unspecified atom stereocenters. The standard InChI is InChI=1S/C9H8N.C8H6BrN.Rb/c1-8(7-10)9-5-3-2-4-6-9;9-8-3-1-7(2-4-8)5-6-10;/h3-6,8H,1H3;1-4H,5H2;/q-1;;+1. The van der Waals surface area contributed by atoms with Gasteiger partial charge in [0.1, 0.15) is 0 Å². The number of halogens is 1. The first-order valence-electron chi connectivity index (χ1n) is 6.14. The molecule has 0 bridgehead atoms. The molecule has 0 aliphatic rings. The average Bonchev–Trinajstić information content (AvgIpc) is 2.50. The maximum atomic E-state index is 8.53. The van der Waals surface area contributed by atoms with Crippen LogP contribution in [0.15, 0.2) is 53.0 Å². The third-order valence-corrected chi connectivity index (χ3v) is 3.16. The van der Waals surface area contributed by atoms with Crippen LogP contribution in [0.5, 0.6) is 0 Å². The molecule has 0 fully saturated rings. The van der Waals surface area contributed by atoms with E-state index in [2.05, 4.69) is 34.1 Å². The molecule has 0 heterocycles. The fourth-order valence-electron chi connectivity index (χ4n) is 1.46. The van der Waals surface area contributed by atoms with E-state index in [0.29, 0.717) is 6.42 Å². The van der Waals surface area contributed by atoms with E-state index in [9.17, 15) is 0 Å². The Morgan fingerprint density at radius 2 is 1.67 bits per heavy atom. The Hall–Kier alpha value is -0.295. The van der Waals surface area contributed by atoms with Gasteiger partial charge in [-0.05, 0) is 24.6 Å². The first-order chi connectivity index (χ1) is 9.67. The van der Waals surface area contributed by atoms with Crippen molar-refractivity contribution >= 4 is 15.9 Å². The van der Waals surface area contributed by atoms with Crippen molar-refractivity contribution in [3.63, 3.8) is 0 Å². The summed E-state index contributed by atoms with van der Waals surface area (Å²) in [4.78, 5) is 0. The van der Waals surface area contributed by atoms with E-state index in [1.807, 2.05) is 55.5 Å². The summed E-state index contributed by atoms with van der Waals surface area (Å²) in [6, 6.07) is 22.4. The van der Waals surface area contributed by atoms with Gasteiger partial charge in [-0.3, -0.25) is 0 Å². The van der Waals surface area contributed by atoms with Crippen LogP contribution in [-0.4, -0.2) is 0 Å². The summed E-state index contributed by atoms with van der Waals surface area (Å²) < 4.78 is 1.05.